The first kappa shape index (κ1) is 17.5. The maximum atomic E-state index is 12.3. The van der Waals surface area contributed by atoms with Crippen LogP contribution in [0.4, 0.5) is 0 Å². The number of rotatable bonds is 7. The predicted octanol–water partition coefficient (Wildman–Crippen LogP) is 1.05. The Kier molecular flexibility index (Phi) is 5.51. The zero-order chi connectivity index (χ0) is 17.7. The number of H-pyrrole nitrogens is 1. The van der Waals surface area contributed by atoms with Crippen molar-refractivity contribution in [2.75, 3.05) is 0 Å². The molecule has 0 spiro atoms. The molecule has 128 valence electrons. The summed E-state index contributed by atoms with van der Waals surface area (Å²) in [7, 11) is 0. The first-order valence-electron chi connectivity index (χ1n) is 7.71. The van der Waals surface area contributed by atoms with Crippen molar-refractivity contribution >= 4 is 28.7 Å². The minimum atomic E-state index is -1.10. The van der Waals surface area contributed by atoms with Crippen molar-refractivity contribution in [1.82, 2.24) is 20.8 Å². The summed E-state index contributed by atoms with van der Waals surface area (Å²) in [6.45, 7) is 3.32. The van der Waals surface area contributed by atoms with Crippen molar-refractivity contribution < 1.29 is 19.5 Å². The number of carboxylic acids is 1. The van der Waals surface area contributed by atoms with E-state index in [-0.39, 0.29) is 5.69 Å². The lowest BCUT2D eigenvalue weighted by molar-refractivity contribution is -0.142. The highest BCUT2D eigenvalue weighted by Gasteiger charge is 2.24. The smallest absolute Gasteiger partial charge is 0.326 e. The van der Waals surface area contributed by atoms with E-state index in [0.29, 0.717) is 23.7 Å². The Hall–Kier alpha value is -2.90. The molecule has 24 heavy (non-hydrogen) atoms. The van der Waals surface area contributed by atoms with Gasteiger partial charge in [-0.05, 0) is 19.4 Å². The fourth-order valence-corrected chi connectivity index (χ4v) is 2.31. The SMILES string of the molecule is CCCC(NC(=O)C(C)NC(=O)c1n[nH]c2ccccc12)C(=O)O. The molecule has 1 heterocycles. The first-order chi connectivity index (χ1) is 11.4. The average molecular weight is 332 g/mol. The lowest BCUT2D eigenvalue weighted by atomic mass is 10.1. The van der Waals surface area contributed by atoms with E-state index in [4.69, 9.17) is 5.11 Å². The third-order valence-electron chi connectivity index (χ3n) is 3.62. The number of aromatic amines is 1. The van der Waals surface area contributed by atoms with Crippen LogP contribution in [0.25, 0.3) is 10.9 Å². The normalized spacial score (nSPS) is 13.2. The molecule has 1 aromatic carbocycles. The maximum absolute atomic E-state index is 12.3. The van der Waals surface area contributed by atoms with Crippen molar-refractivity contribution in [2.45, 2.75) is 38.8 Å². The summed E-state index contributed by atoms with van der Waals surface area (Å²) < 4.78 is 0. The van der Waals surface area contributed by atoms with Crippen LogP contribution in [-0.4, -0.2) is 45.2 Å². The van der Waals surface area contributed by atoms with Crippen LogP contribution in [0.5, 0.6) is 0 Å². The Labute approximate surface area is 138 Å². The Bertz CT molecular complexity index is 755. The standard InChI is InChI=1S/C16H20N4O4/c1-3-6-12(16(23)24)18-14(21)9(2)17-15(22)13-10-7-4-5-8-11(10)19-20-13/h4-5,7-9,12H,3,6H2,1-2H3,(H,17,22)(H,18,21)(H,19,20)(H,23,24). The number of fused-ring (bicyclic) bond motifs is 1. The van der Waals surface area contributed by atoms with Crippen molar-refractivity contribution in [3.05, 3.63) is 30.0 Å². The lowest BCUT2D eigenvalue weighted by Gasteiger charge is -2.18. The van der Waals surface area contributed by atoms with Crippen LogP contribution in [0.3, 0.4) is 0 Å². The highest BCUT2D eigenvalue weighted by Crippen LogP contribution is 2.14. The quantitative estimate of drug-likeness (QED) is 0.603. The third-order valence-corrected chi connectivity index (χ3v) is 3.62. The second kappa shape index (κ2) is 7.58. The molecule has 2 aromatic rings. The van der Waals surface area contributed by atoms with Crippen molar-refractivity contribution in [3.8, 4) is 0 Å². The monoisotopic (exact) mass is 332 g/mol. The van der Waals surface area contributed by atoms with Gasteiger partial charge in [-0.25, -0.2) is 4.79 Å². The molecule has 2 unspecified atom stereocenters. The number of aliphatic carboxylic acids is 1. The molecule has 0 bridgehead atoms. The van der Waals surface area contributed by atoms with Crippen LogP contribution in [0.2, 0.25) is 0 Å². The number of para-hydroxylation sites is 1. The number of hydrogen-bond acceptors (Lipinski definition) is 4. The van der Waals surface area contributed by atoms with E-state index >= 15 is 0 Å². The van der Waals surface area contributed by atoms with Gasteiger partial charge in [-0.2, -0.15) is 5.10 Å². The van der Waals surface area contributed by atoms with E-state index in [1.165, 1.54) is 6.92 Å². The Morgan fingerprint density at radius 3 is 2.62 bits per heavy atom. The van der Waals surface area contributed by atoms with E-state index in [9.17, 15) is 14.4 Å². The summed E-state index contributed by atoms with van der Waals surface area (Å²) in [6, 6.07) is 5.29. The van der Waals surface area contributed by atoms with Gasteiger partial charge in [0, 0.05) is 5.39 Å². The van der Waals surface area contributed by atoms with Gasteiger partial charge in [-0.15, -0.1) is 0 Å². The molecule has 4 N–H and O–H groups in total. The van der Waals surface area contributed by atoms with E-state index in [1.54, 1.807) is 18.2 Å². The van der Waals surface area contributed by atoms with E-state index in [2.05, 4.69) is 20.8 Å². The minimum Gasteiger partial charge on any atom is -0.480 e. The second-order valence-electron chi connectivity index (χ2n) is 5.50. The van der Waals surface area contributed by atoms with Gasteiger partial charge in [-0.1, -0.05) is 31.5 Å². The number of nitrogens with zero attached hydrogens (tertiary/aromatic N) is 1. The van der Waals surface area contributed by atoms with E-state index in [0.717, 1.165) is 0 Å². The Morgan fingerprint density at radius 1 is 1.25 bits per heavy atom. The molecule has 0 radical (unpaired) electrons. The van der Waals surface area contributed by atoms with Gasteiger partial charge >= 0.3 is 5.97 Å². The van der Waals surface area contributed by atoms with E-state index in [1.807, 2.05) is 13.0 Å². The van der Waals surface area contributed by atoms with Crippen LogP contribution >= 0.6 is 0 Å². The molecule has 0 aliphatic carbocycles. The lowest BCUT2D eigenvalue weighted by Crippen LogP contribution is -2.50. The molecule has 0 fully saturated rings. The fourth-order valence-electron chi connectivity index (χ4n) is 2.31. The molecular formula is C16H20N4O4. The molecule has 8 heteroatoms. The van der Waals surface area contributed by atoms with Crippen LogP contribution in [0, 0.1) is 0 Å². The summed E-state index contributed by atoms with van der Waals surface area (Å²) in [5.41, 5.74) is 0.905. The number of carboxylic acid groups (broad SMARTS) is 1. The van der Waals surface area contributed by atoms with Crippen LogP contribution in [0.1, 0.15) is 37.2 Å². The molecule has 1 aromatic heterocycles. The molecular weight excluding hydrogens is 312 g/mol. The molecule has 2 rings (SSSR count). The van der Waals surface area contributed by atoms with Crippen LogP contribution in [-0.2, 0) is 9.59 Å². The number of aromatic nitrogens is 2. The number of carbonyl (C=O) groups excluding carboxylic acids is 2. The Balaban J connectivity index is 2.03. The highest BCUT2D eigenvalue weighted by molar-refractivity contribution is 6.06. The number of benzene rings is 1. The summed E-state index contributed by atoms with van der Waals surface area (Å²) >= 11 is 0. The summed E-state index contributed by atoms with van der Waals surface area (Å²) in [4.78, 5) is 35.5. The predicted molar refractivity (Wildman–Crippen MR) is 87.5 cm³/mol. The summed E-state index contributed by atoms with van der Waals surface area (Å²) in [5, 5.41) is 21.4. The van der Waals surface area contributed by atoms with Crippen molar-refractivity contribution in [3.63, 3.8) is 0 Å². The second-order valence-corrected chi connectivity index (χ2v) is 5.50. The number of amides is 2. The van der Waals surface area contributed by atoms with Crippen LogP contribution < -0.4 is 10.6 Å². The van der Waals surface area contributed by atoms with Gasteiger partial charge in [0.2, 0.25) is 5.91 Å². The number of carbonyl (C=O) groups is 3. The highest BCUT2D eigenvalue weighted by atomic mass is 16.4. The van der Waals surface area contributed by atoms with Crippen molar-refractivity contribution in [2.24, 2.45) is 0 Å². The zero-order valence-electron chi connectivity index (χ0n) is 13.5. The van der Waals surface area contributed by atoms with Gasteiger partial charge in [0.15, 0.2) is 5.69 Å². The van der Waals surface area contributed by atoms with Gasteiger partial charge < -0.3 is 15.7 Å². The molecule has 0 aliphatic rings. The largest absolute Gasteiger partial charge is 0.480 e. The molecule has 2 atom stereocenters. The van der Waals surface area contributed by atoms with Gasteiger partial charge in [0.05, 0.1) is 5.52 Å². The first-order valence-corrected chi connectivity index (χ1v) is 7.71. The molecule has 0 aliphatic heterocycles. The molecule has 0 saturated heterocycles. The topological polar surface area (TPSA) is 124 Å². The number of nitrogens with one attached hydrogen (secondary N) is 3. The van der Waals surface area contributed by atoms with Gasteiger partial charge in [-0.3, -0.25) is 14.7 Å². The summed E-state index contributed by atoms with van der Waals surface area (Å²) in [6.07, 6.45) is 0.947. The van der Waals surface area contributed by atoms with Crippen LogP contribution in [0.15, 0.2) is 24.3 Å². The fraction of sp³-hybridized carbons (Fsp3) is 0.375. The average Bonchev–Trinajstić information content (AvgIpc) is 2.98. The molecule has 0 saturated carbocycles. The Morgan fingerprint density at radius 2 is 1.96 bits per heavy atom. The molecule has 8 nitrogen and oxygen atoms in total. The van der Waals surface area contributed by atoms with Gasteiger partial charge in [0.25, 0.3) is 5.91 Å². The van der Waals surface area contributed by atoms with Crippen molar-refractivity contribution in [1.29, 1.82) is 0 Å². The number of hydrogen-bond donors (Lipinski definition) is 4. The summed E-state index contributed by atoms with van der Waals surface area (Å²) in [5.74, 6) is -2.15. The third kappa shape index (κ3) is 3.89. The minimum absolute atomic E-state index is 0.189. The van der Waals surface area contributed by atoms with Gasteiger partial charge in [0.1, 0.15) is 12.1 Å². The van der Waals surface area contributed by atoms with E-state index < -0.39 is 29.9 Å². The maximum Gasteiger partial charge on any atom is 0.326 e. The molecule has 2 amide bonds. The zero-order valence-corrected chi connectivity index (χ0v) is 13.5.